The zero-order valence-electron chi connectivity index (χ0n) is 13.0. The number of aromatic nitrogens is 2. The van der Waals surface area contributed by atoms with Crippen LogP contribution in [0.2, 0.25) is 0 Å². The van der Waals surface area contributed by atoms with E-state index in [1.54, 1.807) is 0 Å². The Balaban J connectivity index is 2.67. The summed E-state index contributed by atoms with van der Waals surface area (Å²) in [6.45, 7) is 9.59. The molecule has 0 saturated heterocycles. The average Bonchev–Trinajstić information content (AvgIpc) is 2.66. The number of carbonyl (C=O) groups is 1. The summed E-state index contributed by atoms with van der Waals surface area (Å²) in [5.74, 6) is -0.739. The number of aryl methyl sites for hydroxylation is 1. The second-order valence-electron chi connectivity index (χ2n) is 6.10. The molecule has 4 nitrogen and oxygen atoms in total. The van der Waals surface area contributed by atoms with Gasteiger partial charge in [-0.3, -0.25) is 4.79 Å². The predicted octanol–water partition coefficient (Wildman–Crippen LogP) is 3.97. The van der Waals surface area contributed by atoms with E-state index >= 15 is 0 Å². The number of rotatable bonds is 9. The van der Waals surface area contributed by atoms with Gasteiger partial charge in [-0.2, -0.15) is 0 Å². The number of aliphatic carboxylic acids is 1. The number of nitrogens with zero attached hydrogens (tertiary/aromatic N) is 2. The lowest BCUT2D eigenvalue weighted by Crippen LogP contribution is -2.20. The van der Waals surface area contributed by atoms with Gasteiger partial charge in [-0.25, -0.2) is 4.98 Å². The molecule has 0 atom stereocenters. The van der Waals surface area contributed by atoms with Crippen molar-refractivity contribution in [1.29, 1.82) is 0 Å². The normalized spacial score (nSPS) is 11.8. The Hall–Kier alpha value is -0.970. The Kier molecular flexibility index (Phi) is 6.59. The summed E-state index contributed by atoms with van der Waals surface area (Å²) in [5, 5.41) is 9.60. The van der Waals surface area contributed by atoms with Crippen LogP contribution in [-0.4, -0.2) is 26.4 Å². The highest BCUT2D eigenvalue weighted by molar-refractivity contribution is 7.99. The highest BCUT2D eigenvalue weighted by Gasteiger charge is 2.20. The van der Waals surface area contributed by atoms with E-state index in [1.807, 2.05) is 13.1 Å². The van der Waals surface area contributed by atoms with E-state index in [4.69, 9.17) is 5.11 Å². The molecule has 0 saturated carbocycles. The molecule has 0 spiro atoms. The highest BCUT2D eigenvalue weighted by Crippen LogP contribution is 2.28. The minimum atomic E-state index is -0.801. The molecule has 0 radical (unpaired) electrons. The average molecular weight is 298 g/mol. The Labute approximate surface area is 126 Å². The van der Waals surface area contributed by atoms with Gasteiger partial charge >= 0.3 is 5.97 Å². The molecule has 0 amide bonds. The summed E-state index contributed by atoms with van der Waals surface area (Å²) in [4.78, 5) is 15.1. The number of unbranched alkanes of at least 4 members (excludes halogenated alkanes) is 2. The summed E-state index contributed by atoms with van der Waals surface area (Å²) in [6.07, 6.45) is 6.95. The van der Waals surface area contributed by atoms with Gasteiger partial charge in [0.15, 0.2) is 5.16 Å². The van der Waals surface area contributed by atoms with E-state index in [0.29, 0.717) is 0 Å². The molecule has 0 aliphatic heterocycles. The lowest BCUT2D eigenvalue weighted by molar-refractivity contribution is -0.133. The Morgan fingerprint density at radius 1 is 1.45 bits per heavy atom. The maximum absolute atomic E-state index is 10.7. The van der Waals surface area contributed by atoms with Gasteiger partial charge in [0.05, 0.1) is 11.4 Å². The van der Waals surface area contributed by atoms with Crippen LogP contribution in [0.4, 0.5) is 0 Å². The number of hydrogen-bond donors (Lipinski definition) is 1. The topological polar surface area (TPSA) is 55.1 Å². The number of thioether (sulfide) groups is 1. The van der Waals surface area contributed by atoms with Crippen LogP contribution >= 0.6 is 11.8 Å². The van der Waals surface area contributed by atoms with Gasteiger partial charge in [0.25, 0.3) is 0 Å². The molecule has 0 aliphatic carbocycles. The van der Waals surface area contributed by atoms with Crippen molar-refractivity contribution in [1.82, 2.24) is 9.55 Å². The highest BCUT2D eigenvalue weighted by atomic mass is 32.2. The van der Waals surface area contributed by atoms with Crippen molar-refractivity contribution in [3.05, 3.63) is 11.9 Å². The van der Waals surface area contributed by atoms with Crippen molar-refractivity contribution in [3.8, 4) is 0 Å². The first-order valence-corrected chi connectivity index (χ1v) is 8.21. The Bertz CT molecular complexity index is 441. The van der Waals surface area contributed by atoms with Crippen LogP contribution in [0.25, 0.3) is 0 Å². The quantitative estimate of drug-likeness (QED) is 0.553. The van der Waals surface area contributed by atoms with E-state index in [2.05, 4.69) is 30.3 Å². The fourth-order valence-electron chi connectivity index (χ4n) is 2.27. The van der Waals surface area contributed by atoms with Crippen molar-refractivity contribution in [2.24, 2.45) is 5.41 Å². The standard InChI is InChI=1S/C15H26N2O2S/c1-5-6-7-8-15(3,4)11-17-9-12(2)16-14(17)20-10-13(18)19/h9H,5-8,10-11H2,1-4H3,(H,18,19). The van der Waals surface area contributed by atoms with E-state index in [1.165, 1.54) is 37.4 Å². The molecular formula is C15H26N2O2S. The second kappa shape index (κ2) is 7.72. The molecular weight excluding hydrogens is 272 g/mol. The zero-order valence-corrected chi connectivity index (χ0v) is 13.8. The van der Waals surface area contributed by atoms with Crippen LogP contribution in [-0.2, 0) is 11.3 Å². The Morgan fingerprint density at radius 2 is 2.15 bits per heavy atom. The molecule has 0 unspecified atom stereocenters. The number of carboxylic acid groups (broad SMARTS) is 1. The van der Waals surface area contributed by atoms with Crippen LogP contribution in [0.5, 0.6) is 0 Å². The Morgan fingerprint density at radius 3 is 2.75 bits per heavy atom. The lowest BCUT2D eigenvalue weighted by Gasteiger charge is -2.25. The largest absolute Gasteiger partial charge is 0.481 e. The van der Waals surface area contributed by atoms with E-state index in [9.17, 15) is 4.79 Å². The van der Waals surface area contributed by atoms with E-state index in [0.717, 1.165) is 17.4 Å². The van der Waals surface area contributed by atoms with Crippen LogP contribution in [0.15, 0.2) is 11.4 Å². The van der Waals surface area contributed by atoms with Gasteiger partial charge in [-0.1, -0.05) is 51.8 Å². The predicted molar refractivity (Wildman–Crippen MR) is 83.2 cm³/mol. The van der Waals surface area contributed by atoms with E-state index < -0.39 is 5.97 Å². The SMILES string of the molecule is CCCCCC(C)(C)Cn1cc(C)nc1SCC(=O)O. The van der Waals surface area contributed by atoms with Gasteiger partial charge in [-0.15, -0.1) is 0 Å². The number of hydrogen-bond acceptors (Lipinski definition) is 3. The molecule has 20 heavy (non-hydrogen) atoms. The van der Waals surface area contributed by atoms with Gasteiger partial charge in [0.1, 0.15) is 0 Å². The molecule has 1 aromatic rings. The molecule has 1 rings (SSSR count). The van der Waals surface area contributed by atoms with Gasteiger partial charge in [0, 0.05) is 12.7 Å². The van der Waals surface area contributed by atoms with Crippen molar-refractivity contribution in [3.63, 3.8) is 0 Å². The maximum Gasteiger partial charge on any atom is 0.313 e. The molecule has 1 N–H and O–H groups in total. The summed E-state index contributed by atoms with van der Waals surface area (Å²) < 4.78 is 2.11. The fourth-order valence-corrected chi connectivity index (χ4v) is 3.02. The number of imidazole rings is 1. The third-order valence-corrected chi connectivity index (χ3v) is 4.22. The zero-order chi connectivity index (χ0) is 15.2. The van der Waals surface area contributed by atoms with Gasteiger partial charge in [-0.05, 0) is 18.8 Å². The van der Waals surface area contributed by atoms with Crippen LogP contribution < -0.4 is 0 Å². The summed E-state index contributed by atoms with van der Waals surface area (Å²) in [7, 11) is 0. The third kappa shape index (κ3) is 5.99. The maximum atomic E-state index is 10.7. The summed E-state index contributed by atoms with van der Waals surface area (Å²) in [6, 6.07) is 0. The van der Waals surface area contributed by atoms with Crippen LogP contribution in [0.3, 0.4) is 0 Å². The third-order valence-electron chi connectivity index (χ3n) is 3.24. The first kappa shape index (κ1) is 17.1. The monoisotopic (exact) mass is 298 g/mol. The van der Waals surface area contributed by atoms with Crippen LogP contribution in [0.1, 0.15) is 52.1 Å². The fraction of sp³-hybridized carbons (Fsp3) is 0.733. The van der Waals surface area contributed by atoms with Crippen molar-refractivity contribution < 1.29 is 9.90 Å². The molecule has 0 aliphatic rings. The second-order valence-corrected chi connectivity index (χ2v) is 7.04. The minimum absolute atomic E-state index is 0.0622. The molecule has 1 aromatic heterocycles. The molecule has 1 heterocycles. The minimum Gasteiger partial charge on any atom is -0.481 e. The molecule has 5 heteroatoms. The van der Waals surface area contributed by atoms with Gasteiger partial charge < -0.3 is 9.67 Å². The first-order valence-electron chi connectivity index (χ1n) is 7.22. The van der Waals surface area contributed by atoms with Crippen molar-refractivity contribution in [2.45, 2.75) is 65.1 Å². The number of carboxylic acids is 1. The molecule has 0 bridgehead atoms. The summed E-state index contributed by atoms with van der Waals surface area (Å²) >= 11 is 1.30. The van der Waals surface area contributed by atoms with E-state index in [-0.39, 0.29) is 11.2 Å². The van der Waals surface area contributed by atoms with Crippen molar-refractivity contribution >= 4 is 17.7 Å². The van der Waals surface area contributed by atoms with Crippen molar-refractivity contribution in [2.75, 3.05) is 5.75 Å². The smallest absolute Gasteiger partial charge is 0.313 e. The first-order chi connectivity index (χ1) is 9.34. The van der Waals surface area contributed by atoms with Crippen LogP contribution in [0, 0.1) is 12.3 Å². The molecule has 0 fully saturated rings. The summed E-state index contributed by atoms with van der Waals surface area (Å²) in [5.41, 5.74) is 1.16. The van der Waals surface area contributed by atoms with Gasteiger partial charge in [0.2, 0.25) is 0 Å². The molecule has 114 valence electrons. The molecule has 0 aromatic carbocycles. The lowest BCUT2D eigenvalue weighted by atomic mass is 9.87.